The number of halogens is 2. The fourth-order valence-corrected chi connectivity index (χ4v) is 2.22. The number of methoxy groups -OCH3 is 1. The molecule has 0 fully saturated rings. The van der Waals surface area contributed by atoms with Crippen molar-refractivity contribution < 1.29 is 23.4 Å². The predicted molar refractivity (Wildman–Crippen MR) is 72.4 cm³/mol. The predicted octanol–water partition coefficient (Wildman–Crippen LogP) is 3.90. The van der Waals surface area contributed by atoms with Crippen molar-refractivity contribution in [3.05, 3.63) is 28.8 Å². The summed E-state index contributed by atoms with van der Waals surface area (Å²) in [6, 6.07) is 2.70. The third kappa shape index (κ3) is 3.26. The molecule has 0 spiro atoms. The van der Waals surface area contributed by atoms with Gasteiger partial charge < -0.3 is 9.84 Å². The molecule has 1 aromatic carbocycles. The highest BCUT2D eigenvalue weighted by Crippen LogP contribution is 2.41. The Morgan fingerprint density at radius 2 is 1.70 bits per heavy atom. The molecular formula is C15H20F2O3. The summed E-state index contributed by atoms with van der Waals surface area (Å²) in [6.45, 7) is 5.97. The van der Waals surface area contributed by atoms with Crippen LogP contribution in [0, 0.1) is 19.3 Å². The van der Waals surface area contributed by atoms with Crippen molar-refractivity contribution in [2.75, 3.05) is 7.11 Å². The number of carboxylic acids is 1. The van der Waals surface area contributed by atoms with Crippen LogP contribution in [-0.4, -0.2) is 18.2 Å². The van der Waals surface area contributed by atoms with Crippen LogP contribution in [0.4, 0.5) is 8.78 Å². The molecule has 0 saturated heterocycles. The van der Waals surface area contributed by atoms with E-state index in [-0.39, 0.29) is 5.56 Å². The monoisotopic (exact) mass is 286 g/mol. The summed E-state index contributed by atoms with van der Waals surface area (Å²) in [5.74, 6) is -3.87. The number of ether oxygens (including phenoxy) is 1. The lowest BCUT2D eigenvalue weighted by Gasteiger charge is -2.27. The highest BCUT2D eigenvalue weighted by Gasteiger charge is 2.42. The Bertz CT molecular complexity index is 499. The highest BCUT2D eigenvalue weighted by atomic mass is 19.3. The minimum atomic E-state index is -3.20. The van der Waals surface area contributed by atoms with Gasteiger partial charge in [-0.25, -0.2) is 8.78 Å². The maximum atomic E-state index is 14.3. The summed E-state index contributed by atoms with van der Waals surface area (Å²) in [7, 11) is 1.49. The smallest absolute Gasteiger partial charge is 0.309 e. The van der Waals surface area contributed by atoms with Crippen molar-refractivity contribution in [2.45, 2.75) is 40.0 Å². The summed E-state index contributed by atoms with van der Waals surface area (Å²) in [5.41, 5.74) is -0.459. The van der Waals surface area contributed by atoms with E-state index in [1.807, 2.05) is 0 Å². The Hall–Kier alpha value is -1.65. The van der Waals surface area contributed by atoms with E-state index in [2.05, 4.69) is 0 Å². The van der Waals surface area contributed by atoms with Gasteiger partial charge in [0.25, 0.3) is 5.92 Å². The normalized spacial score (nSPS) is 12.3. The van der Waals surface area contributed by atoms with Crippen LogP contribution in [0.15, 0.2) is 12.1 Å². The lowest BCUT2D eigenvalue weighted by molar-refractivity contribution is -0.153. The van der Waals surface area contributed by atoms with Crippen molar-refractivity contribution in [1.82, 2.24) is 0 Å². The molecule has 0 saturated carbocycles. The van der Waals surface area contributed by atoms with Crippen molar-refractivity contribution in [1.29, 1.82) is 0 Å². The lowest BCUT2D eigenvalue weighted by atomic mass is 9.83. The molecule has 0 aliphatic carbocycles. The Kier molecular flexibility index (Phi) is 4.42. The van der Waals surface area contributed by atoms with E-state index in [4.69, 9.17) is 9.84 Å². The summed E-state index contributed by atoms with van der Waals surface area (Å²) < 4.78 is 33.8. The van der Waals surface area contributed by atoms with Crippen LogP contribution >= 0.6 is 0 Å². The van der Waals surface area contributed by atoms with E-state index in [0.29, 0.717) is 16.9 Å². The second-order valence-corrected chi connectivity index (χ2v) is 5.71. The number of hydrogen-bond donors (Lipinski definition) is 1. The molecule has 0 atom stereocenters. The summed E-state index contributed by atoms with van der Waals surface area (Å²) in [4.78, 5) is 11.0. The molecule has 5 heteroatoms. The topological polar surface area (TPSA) is 46.5 Å². The molecule has 1 aromatic rings. The Labute approximate surface area is 117 Å². The SMILES string of the molecule is COc1c(C)cc(C(F)(F)CC(C)(C)C(=O)O)cc1C. The zero-order chi connectivity index (χ0) is 15.7. The van der Waals surface area contributed by atoms with E-state index >= 15 is 0 Å². The molecule has 1 N–H and O–H groups in total. The first kappa shape index (κ1) is 16.4. The lowest BCUT2D eigenvalue weighted by Crippen LogP contribution is -2.31. The van der Waals surface area contributed by atoms with Crippen LogP contribution in [0.25, 0.3) is 0 Å². The van der Waals surface area contributed by atoms with E-state index < -0.39 is 23.7 Å². The van der Waals surface area contributed by atoms with Gasteiger partial charge in [0.2, 0.25) is 0 Å². The third-order valence-electron chi connectivity index (χ3n) is 3.33. The molecule has 0 unspecified atom stereocenters. The van der Waals surface area contributed by atoms with Crippen LogP contribution in [0.3, 0.4) is 0 Å². The van der Waals surface area contributed by atoms with E-state index in [1.54, 1.807) is 13.8 Å². The Morgan fingerprint density at radius 3 is 2.05 bits per heavy atom. The second-order valence-electron chi connectivity index (χ2n) is 5.71. The first-order chi connectivity index (χ1) is 9.01. The van der Waals surface area contributed by atoms with Gasteiger partial charge in [-0.05, 0) is 51.0 Å². The number of rotatable bonds is 5. The molecule has 0 bridgehead atoms. The molecule has 3 nitrogen and oxygen atoms in total. The van der Waals surface area contributed by atoms with Crippen LogP contribution < -0.4 is 4.74 Å². The van der Waals surface area contributed by atoms with Crippen molar-refractivity contribution >= 4 is 5.97 Å². The molecule has 0 heterocycles. The van der Waals surface area contributed by atoms with E-state index in [1.165, 1.54) is 33.1 Å². The number of aryl methyl sites for hydroxylation is 2. The van der Waals surface area contributed by atoms with Crippen LogP contribution in [0.5, 0.6) is 5.75 Å². The fraction of sp³-hybridized carbons (Fsp3) is 0.533. The minimum Gasteiger partial charge on any atom is -0.496 e. The molecule has 0 aliphatic heterocycles. The fourth-order valence-electron chi connectivity index (χ4n) is 2.22. The van der Waals surface area contributed by atoms with Crippen molar-refractivity contribution in [2.24, 2.45) is 5.41 Å². The zero-order valence-electron chi connectivity index (χ0n) is 12.4. The Balaban J connectivity index is 3.19. The van der Waals surface area contributed by atoms with Crippen LogP contribution in [0.1, 0.15) is 37.0 Å². The van der Waals surface area contributed by atoms with Gasteiger partial charge in [-0.15, -0.1) is 0 Å². The van der Waals surface area contributed by atoms with Crippen LogP contribution in [-0.2, 0) is 10.7 Å². The van der Waals surface area contributed by atoms with Crippen LogP contribution in [0.2, 0.25) is 0 Å². The number of hydrogen-bond acceptors (Lipinski definition) is 2. The number of aliphatic carboxylic acids is 1. The molecule has 0 amide bonds. The van der Waals surface area contributed by atoms with Gasteiger partial charge in [0.15, 0.2) is 0 Å². The standard InChI is InChI=1S/C15H20F2O3/c1-9-6-11(7-10(2)12(9)20-5)15(16,17)8-14(3,4)13(18)19/h6-7H,8H2,1-5H3,(H,18,19). The Morgan fingerprint density at radius 1 is 1.25 bits per heavy atom. The largest absolute Gasteiger partial charge is 0.496 e. The van der Waals surface area contributed by atoms with Gasteiger partial charge in [0, 0.05) is 12.0 Å². The summed E-state index contributed by atoms with van der Waals surface area (Å²) >= 11 is 0. The number of benzene rings is 1. The van der Waals surface area contributed by atoms with Gasteiger partial charge in [-0.2, -0.15) is 0 Å². The molecule has 1 rings (SSSR count). The number of alkyl halides is 2. The number of carboxylic acid groups (broad SMARTS) is 1. The summed E-state index contributed by atoms with van der Waals surface area (Å²) in [6.07, 6.45) is -0.749. The van der Waals surface area contributed by atoms with Gasteiger partial charge in [-0.1, -0.05) is 0 Å². The average Bonchev–Trinajstić information content (AvgIpc) is 2.26. The van der Waals surface area contributed by atoms with Gasteiger partial charge in [0.1, 0.15) is 5.75 Å². The first-order valence-electron chi connectivity index (χ1n) is 6.28. The third-order valence-corrected chi connectivity index (χ3v) is 3.33. The molecule has 0 radical (unpaired) electrons. The van der Waals surface area contributed by atoms with Gasteiger partial charge in [-0.3, -0.25) is 4.79 Å². The molecule has 0 aliphatic rings. The highest BCUT2D eigenvalue weighted by molar-refractivity contribution is 5.73. The average molecular weight is 286 g/mol. The van der Waals surface area contributed by atoms with Gasteiger partial charge >= 0.3 is 5.97 Å². The molecule has 20 heavy (non-hydrogen) atoms. The van der Waals surface area contributed by atoms with Crippen molar-refractivity contribution in [3.63, 3.8) is 0 Å². The summed E-state index contributed by atoms with van der Waals surface area (Å²) in [5, 5.41) is 8.99. The van der Waals surface area contributed by atoms with Gasteiger partial charge in [0.05, 0.1) is 12.5 Å². The maximum absolute atomic E-state index is 14.3. The molecular weight excluding hydrogens is 266 g/mol. The van der Waals surface area contributed by atoms with Crippen molar-refractivity contribution in [3.8, 4) is 5.75 Å². The minimum absolute atomic E-state index is 0.178. The molecule has 0 aromatic heterocycles. The first-order valence-corrected chi connectivity index (χ1v) is 6.28. The molecule has 112 valence electrons. The number of carbonyl (C=O) groups is 1. The second kappa shape index (κ2) is 5.38. The van der Waals surface area contributed by atoms with E-state index in [9.17, 15) is 13.6 Å². The zero-order valence-corrected chi connectivity index (χ0v) is 12.4. The maximum Gasteiger partial charge on any atom is 0.309 e. The quantitative estimate of drug-likeness (QED) is 0.892. The van der Waals surface area contributed by atoms with E-state index in [0.717, 1.165) is 0 Å².